The molecule has 0 spiro atoms. The van der Waals surface area contributed by atoms with E-state index in [9.17, 15) is 9.18 Å². The first kappa shape index (κ1) is 18.9. The second kappa shape index (κ2) is 7.77. The van der Waals surface area contributed by atoms with Crippen LogP contribution in [0.1, 0.15) is 36.2 Å². The van der Waals surface area contributed by atoms with E-state index in [0.29, 0.717) is 16.1 Å². The second-order valence-electron chi connectivity index (χ2n) is 6.98. The number of aromatic nitrogens is 1. The molecule has 0 unspecified atom stereocenters. The minimum atomic E-state index is -0.373. The number of hydrogen-bond acceptors (Lipinski definition) is 2. The van der Waals surface area contributed by atoms with Crippen molar-refractivity contribution in [3.05, 3.63) is 79.5 Å². The molecule has 1 aromatic heterocycles. The minimum absolute atomic E-state index is 0.0684. The van der Waals surface area contributed by atoms with Crippen LogP contribution in [0.3, 0.4) is 0 Å². The van der Waals surface area contributed by atoms with Crippen LogP contribution in [0.15, 0.2) is 40.7 Å². The van der Waals surface area contributed by atoms with E-state index in [1.54, 1.807) is 23.7 Å². The van der Waals surface area contributed by atoms with Gasteiger partial charge in [-0.05, 0) is 37.6 Å². The molecule has 0 fully saturated rings. The second-order valence-corrected chi connectivity index (χ2v) is 7.39. The Morgan fingerprint density at radius 1 is 1.38 bits per heavy atom. The van der Waals surface area contributed by atoms with Crippen molar-refractivity contribution in [3.63, 3.8) is 0 Å². The molecule has 2 aromatic rings. The number of fused-ring (bicyclic) bond motifs is 1. The number of allylic oxidation sites excluding steroid dienone is 1. The molecule has 0 aliphatic carbocycles. The van der Waals surface area contributed by atoms with E-state index in [1.807, 2.05) is 13.0 Å². The van der Waals surface area contributed by atoms with Crippen LogP contribution >= 0.6 is 11.6 Å². The summed E-state index contributed by atoms with van der Waals surface area (Å²) in [6.45, 7) is 6.83. The standard InChI is InChI=1S/C21H24ClFN2O/c1-4-14(2)12-25-9-8-20-16(13-25)10-15(21(26)24(20)3)11-17-18(22)6-5-7-19(17)23/h4-7,10H,8-9,11-13H2,1-3H3/b14-4+. The maximum absolute atomic E-state index is 14.1. The fourth-order valence-corrected chi connectivity index (χ4v) is 3.78. The summed E-state index contributed by atoms with van der Waals surface area (Å²) in [5, 5.41) is 0.357. The SMILES string of the molecule is C/C=C(\C)CN1CCc2c(cc(Cc3c(F)cccc3Cl)c(=O)n2C)C1. The van der Waals surface area contributed by atoms with Gasteiger partial charge in [-0.15, -0.1) is 0 Å². The molecule has 0 radical (unpaired) electrons. The molecule has 3 nitrogen and oxygen atoms in total. The van der Waals surface area contributed by atoms with Crippen LogP contribution in [0.5, 0.6) is 0 Å². The number of hydrogen-bond donors (Lipinski definition) is 0. The molecule has 0 saturated carbocycles. The smallest absolute Gasteiger partial charge is 0.254 e. The Morgan fingerprint density at radius 3 is 2.85 bits per heavy atom. The summed E-state index contributed by atoms with van der Waals surface area (Å²) in [7, 11) is 1.81. The van der Waals surface area contributed by atoms with Crippen molar-refractivity contribution >= 4 is 11.6 Å². The van der Waals surface area contributed by atoms with Gasteiger partial charge in [0.15, 0.2) is 0 Å². The van der Waals surface area contributed by atoms with E-state index < -0.39 is 0 Å². The fourth-order valence-electron chi connectivity index (χ4n) is 3.56. The van der Waals surface area contributed by atoms with Crippen LogP contribution in [0.4, 0.5) is 4.39 Å². The van der Waals surface area contributed by atoms with Gasteiger partial charge < -0.3 is 4.57 Å². The largest absolute Gasteiger partial charge is 0.315 e. The van der Waals surface area contributed by atoms with Gasteiger partial charge in [0.05, 0.1) is 0 Å². The Balaban J connectivity index is 1.95. The van der Waals surface area contributed by atoms with Crippen molar-refractivity contribution < 1.29 is 4.39 Å². The third kappa shape index (κ3) is 3.76. The van der Waals surface area contributed by atoms with Crippen molar-refractivity contribution in [1.29, 1.82) is 0 Å². The lowest BCUT2D eigenvalue weighted by Gasteiger charge is -2.30. The first-order chi connectivity index (χ1) is 12.4. The Labute approximate surface area is 158 Å². The number of halogens is 2. The molecular formula is C21H24ClFN2O. The van der Waals surface area contributed by atoms with Crippen LogP contribution in [0.25, 0.3) is 0 Å². The molecule has 1 aromatic carbocycles. The summed E-state index contributed by atoms with van der Waals surface area (Å²) in [5.74, 6) is -0.373. The maximum Gasteiger partial charge on any atom is 0.254 e. The lowest BCUT2D eigenvalue weighted by atomic mass is 9.98. The lowest BCUT2D eigenvalue weighted by Crippen LogP contribution is -2.36. The molecule has 2 heterocycles. The normalized spacial score (nSPS) is 15.2. The summed E-state index contributed by atoms with van der Waals surface area (Å²) in [6, 6.07) is 6.56. The van der Waals surface area contributed by atoms with E-state index in [2.05, 4.69) is 17.9 Å². The molecule has 0 atom stereocenters. The van der Waals surface area contributed by atoms with Crippen molar-refractivity contribution in [3.8, 4) is 0 Å². The number of pyridine rings is 1. The highest BCUT2D eigenvalue weighted by Crippen LogP contribution is 2.24. The van der Waals surface area contributed by atoms with E-state index in [0.717, 1.165) is 37.3 Å². The maximum atomic E-state index is 14.1. The number of benzene rings is 1. The Kier molecular flexibility index (Phi) is 5.64. The van der Waals surface area contributed by atoms with Gasteiger partial charge in [-0.1, -0.05) is 29.3 Å². The van der Waals surface area contributed by atoms with E-state index in [1.165, 1.54) is 11.6 Å². The van der Waals surface area contributed by atoms with Gasteiger partial charge >= 0.3 is 0 Å². The highest BCUT2D eigenvalue weighted by atomic mass is 35.5. The lowest BCUT2D eigenvalue weighted by molar-refractivity contribution is 0.270. The molecule has 1 aliphatic rings. The van der Waals surface area contributed by atoms with Crippen LogP contribution in [-0.4, -0.2) is 22.6 Å². The monoisotopic (exact) mass is 374 g/mol. The van der Waals surface area contributed by atoms with Gasteiger partial charge in [-0.2, -0.15) is 0 Å². The molecule has 5 heteroatoms. The van der Waals surface area contributed by atoms with Crippen LogP contribution < -0.4 is 5.56 Å². The zero-order valence-corrected chi connectivity index (χ0v) is 16.2. The van der Waals surface area contributed by atoms with Crippen molar-refractivity contribution in [2.45, 2.75) is 33.2 Å². The highest BCUT2D eigenvalue weighted by Gasteiger charge is 2.21. The highest BCUT2D eigenvalue weighted by molar-refractivity contribution is 6.31. The van der Waals surface area contributed by atoms with Crippen molar-refractivity contribution in [1.82, 2.24) is 9.47 Å². The van der Waals surface area contributed by atoms with Gasteiger partial charge in [0, 0.05) is 61.4 Å². The molecule has 138 valence electrons. The third-order valence-corrected chi connectivity index (χ3v) is 5.51. The number of nitrogens with zero attached hydrogens (tertiary/aromatic N) is 2. The molecule has 3 rings (SSSR count). The molecule has 0 bridgehead atoms. The third-order valence-electron chi connectivity index (χ3n) is 5.16. The summed E-state index contributed by atoms with van der Waals surface area (Å²) in [5.41, 5.74) is 4.45. The Hall–Kier alpha value is -1.91. The Bertz CT molecular complexity index is 897. The topological polar surface area (TPSA) is 25.2 Å². The van der Waals surface area contributed by atoms with Gasteiger partial charge in [0.1, 0.15) is 5.82 Å². The van der Waals surface area contributed by atoms with Crippen molar-refractivity contribution in [2.24, 2.45) is 7.05 Å². The van der Waals surface area contributed by atoms with E-state index in [4.69, 9.17) is 11.6 Å². The summed E-state index contributed by atoms with van der Waals surface area (Å²) < 4.78 is 15.9. The molecular weight excluding hydrogens is 351 g/mol. The predicted molar refractivity (Wildman–Crippen MR) is 104 cm³/mol. The van der Waals surface area contributed by atoms with E-state index in [-0.39, 0.29) is 17.8 Å². The average molecular weight is 375 g/mol. The first-order valence-corrected chi connectivity index (χ1v) is 9.26. The van der Waals surface area contributed by atoms with E-state index >= 15 is 0 Å². The zero-order chi connectivity index (χ0) is 18.8. The molecule has 0 saturated heterocycles. The number of rotatable bonds is 4. The van der Waals surface area contributed by atoms with Gasteiger partial charge in [0.25, 0.3) is 5.56 Å². The first-order valence-electron chi connectivity index (χ1n) is 8.88. The van der Waals surface area contributed by atoms with Gasteiger partial charge in [-0.3, -0.25) is 9.69 Å². The summed E-state index contributed by atoms with van der Waals surface area (Å²) in [4.78, 5) is 15.1. The van der Waals surface area contributed by atoms with Gasteiger partial charge in [-0.25, -0.2) is 4.39 Å². The zero-order valence-electron chi connectivity index (χ0n) is 15.5. The predicted octanol–water partition coefficient (Wildman–Crippen LogP) is 4.09. The average Bonchev–Trinajstić information content (AvgIpc) is 2.62. The molecule has 0 N–H and O–H groups in total. The quantitative estimate of drug-likeness (QED) is 0.753. The summed E-state index contributed by atoms with van der Waals surface area (Å²) in [6.07, 6.45) is 3.18. The molecule has 1 aliphatic heterocycles. The fraction of sp³-hybridized carbons (Fsp3) is 0.381. The molecule has 0 amide bonds. The van der Waals surface area contributed by atoms with Crippen molar-refractivity contribution in [2.75, 3.05) is 13.1 Å². The van der Waals surface area contributed by atoms with Gasteiger partial charge in [0.2, 0.25) is 0 Å². The minimum Gasteiger partial charge on any atom is -0.315 e. The van der Waals surface area contributed by atoms with Crippen LogP contribution in [-0.2, 0) is 26.4 Å². The van der Waals surface area contributed by atoms with Crippen LogP contribution in [0, 0.1) is 5.82 Å². The van der Waals surface area contributed by atoms with Crippen LogP contribution in [0.2, 0.25) is 5.02 Å². The molecule has 26 heavy (non-hydrogen) atoms. The summed E-state index contributed by atoms with van der Waals surface area (Å²) >= 11 is 6.15. The Morgan fingerprint density at radius 2 is 2.15 bits per heavy atom.